The minimum Gasteiger partial charge on any atom is -0.493 e. The molecule has 3 aromatic rings. The molecule has 0 aromatic heterocycles. The summed E-state index contributed by atoms with van der Waals surface area (Å²) in [5.41, 5.74) is 7.96. The van der Waals surface area contributed by atoms with Crippen molar-refractivity contribution in [3.63, 3.8) is 0 Å². The second kappa shape index (κ2) is 12.5. The van der Waals surface area contributed by atoms with Gasteiger partial charge in [-0.05, 0) is 66.2 Å². The minimum absolute atomic E-state index is 0.0619. The van der Waals surface area contributed by atoms with E-state index in [1.54, 1.807) is 24.3 Å². The Morgan fingerprint density at radius 2 is 1.66 bits per heavy atom. The Morgan fingerprint density at radius 1 is 1.00 bits per heavy atom. The largest absolute Gasteiger partial charge is 0.493 e. The van der Waals surface area contributed by atoms with Crippen molar-refractivity contribution in [1.29, 1.82) is 0 Å². The fourth-order valence-corrected chi connectivity index (χ4v) is 4.61. The maximum absolute atomic E-state index is 13.5. The van der Waals surface area contributed by atoms with Crippen LogP contribution in [0.1, 0.15) is 5.56 Å². The molecule has 0 bridgehead atoms. The van der Waals surface area contributed by atoms with Gasteiger partial charge in [0.15, 0.2) is 18.1 Å². The number of nitrogens with zero attached hydrogens (tertiary/aromatic N) is 2. The van der Waals surface area contributed by atoms with Crippen molar-refractivity contribution in [2.24, 2.45) is 10.8 Å². The molecule has 13 heteroatoms. The predicted molar refractivity (Wildman–Crippen MR) is 137 cm³/mol. The maximum Gasteiger partial charge on any atom is 0.264 e. The number of halogens is 1. The first-order valence-corrected chi connectivity index (χ1v) is 12.4. The van der Waals surface area contributed by atoms with E-state index in [1.807, 2.05) is 0 Å². The highest BCUT2D eigenvalue weighted by Gasteiger charge is 2.28. The van der Waals surface area contributed by atoms with Gasteiger partial charge in [0.05, 0.1) is 31.0 Å². The quantitative estimate of drug-likeness (QED) is 0.262. The third-order valence-corrected chi connectivity index (χ3v) is 6.78. The Balaban J connectivity index is 1.79. The molecule has 38 heavy (non-hydrogen) atoms. The third-order valence-electron chi connectivity index (χ3n) is 5.01. The molecule has 0 fully saturated rings. The number of hydrazone groups is 1. The molecular weight excluding hydrogens is 519 g/mol. The summed E-state index contributed by atoms with van der Waals surface area (Å²) in [4.78, 5) is 23.3. The number of sulfonamides is 1. The van der Waals surface area contributed by atoms with Crippen molar-refractivity contribution in [3.05, 3.63) is 78.1 Å². The van der Waals surface area contributed by atoms with E-state index in [4.69, 9.17) is 19.9 Å². The highest BCUT2D eigenvalue weighted by molar-refractivity contribution is 7.92. The second-order valence-corrected chi connectivity index (χ2v) is 9.48. The van der Waals surface area contributed by atoms with E-state index >= 15 is 0 Å². The van der Waals surface area contributed by atoms with E-state index in [2.05, 4.69) is 10.5 Å². The van der Waals surface area contributed by atoms with Crippen molar-refractivity contribution in [2.75, 3.05) is 31.7 Å². The van der Waals surface area contributed by atoms with Crippen molar-refractivity contribution in [2.45, 2.75) is 4.90 Å². The number of hydrogen-bond donors (Lipinski definition) is 2. The summed E-state index contributed by atoms with van der Waals surface area (Å²) in [6.45, 7) is -0.917. The van der Waals surface area contributed by atoms with Crippen LogP contribution in [-0.2, 0) is 19.6 Å². The number of nitrogens with two attached hydrogens (primary N) is 1. The molecule has 0 aliphatic carbocycles. The standard InChI is InChI=1S/C25H25FN4O7S/c1-35-22-12-11-21(13-23(22)36-2)38(33,34)30(19-7-5-18(26)6-8-19)15-25(32)29-28-14-17-3-9-20(10-4-17)37-16-24(27)31/h3-14H,15-16H2,1-2H3,(H2,27,31)(H,29,32)/b28-14-. The summed E-state index contributed by atoms with van der Waals surface area (Å²) in [5.74, 6) is -1.03. The van der Waals surface area contributed by atoms with Gasteiger partial charge in [-0.2, -0.15) is 5.10 Å². The molecule has 0 aliphatic heterocycles. The highest BCUT2D eigenvalue weighted by Crippen LogP contribution is 2.32. The Kier molecular flexibility index (Phi) is 9.22. The summed E-state index contributed by atoms with van der Waals surface area (Å²) < 4.78 is 56.9. The van der Waals surface area contributed by atoms with Gasteiger partial charge in [0.2, 0.25) is 0 Å². The molecule has 3 rings (SSSR count). The van der Waals surface area contributed by atoms with E-state index in [1.165, 1.54) is 50.8 Å². The van der Waals surface area contributed by atoms with E-state index in [-0.39, 0.29) is 22.9 Å². The number of nitrogens with one attached hydrogen (secondary N) is 1. The van der Waals surface area contributed by atoms with Crippen LogP contribution in [0.2, 0.25) is 0 Å². The molecule has 0 atom stereocenters. The highest BCUT2D eigenvalue weighted by atomic mass is 32.2. The molecular formula is C25H25FN4O7S. The second-order valence-electron chi connectivity index (χ2n) is 7.62. The fourth-order valence-electron chi connectivity index (χ4n) is 3.18. The van der Waals surface area contributed by atoms with Gasteiger partial charge in [-0.3, -0.25) is 13.9 Å². The SMILES string of the molecule is COc1ccc(S(=O)(=O)N(CC(=O)N/N=C\c2ccc(OCC(N)=O)cc2)c2ccc(F)cc2)cc1OC. The number of carbonyl (C=O) groups is 2. The van der Waals surface area contributed by atoms with Gasteiger partial charge in [0, 0.05) is 6.07 Å². The third kappa shape index (κ3) is 7.20. The first-order chi connectivity index (χ1) is 18.1. The monoisotopic (exact) mass is 544 g/mol. The molecule has 0 heterocycles. The lowest BCUT2D eigenvalue weighted by atomic mass is 10.2. The van der Waals surface area contributed by atoms with Crippen LogP contribution >= 0.6 is 0 Å². The molecule has 0 radical (unpaired) electrons. The van der Waals surface area contributed by atoms with Crippen LogP contribution in [0.3, 0.4) is 0 Å². The lowest BCUT2D eigenvalue weighted by molar-refractivity contribution is -0.120. The predicted octanol–water partition coefficient (Wildman–Crippen LogP) is 2.05. The van der Waals surface area contributed by atoms with Crippen molar-refractivity contribution >= 4 is 33.7 Å². The van der Waals surface area contributed by atoms with Crippen molar-refractivity contribution in [1.82, 2.24) is 5.43 Å². The minimum atomic E-state index is -4.30. The van der Waals surface area contributed by atoms with Gasteiger partial charge in [-0.25, -0.2) is 18.2 Å². The summed E-state index contributed by atoms with van der Waals surface area (Å²) in [6, 6.07) is 15.0. The first-order valence-electron chi connectivity index (χ1n) is 11.0. The summed E-state index contributed by atoms with van der Waals surface area (Å²) in [6.07, 6.45) is 1.33. The zero-order chi connectivity index (χ0) is 27.7. The molecule has 3 N–H and O–H groups in total. The van der Waals surface area contributed by atoms with E-state index in [9.17, 15) is 22.4 Å². The smallest absolute Gasteiger partial charge is 0.264 e. The lowest BCUT2D eigenvalue weighted by Gasteiger charge is -2.24. The number of methoxy groups -OCH3 is 2. The Bertz CT molecular complexity index is 1410. The van der Waals surface area contributed by atoms with Crippen molar-refractivity contribution in [3.8, 4) is 17.2 Å². The first kappa shape index (κ1) is 27.9. The topological polar surface area (TPSA) is 150 Å². The average Bonchev–Trinajstić information content (AvgIpc) is 2.91. The van der Waals surface area contributed by atoms with Gasteiger partial charge < -0.3 is 19.9 Å². The molecule has 0 saturated carbocycles. The molecule has 11 nitrogen and oxygen atoms in total. The van der Waals surface area contributed by atoms with E-state index in [0.29, 0.717) is 17.1 Å². The Hall–Kier alpha value is -4.65. The molecule has 200 valence electrons. The zero-order valence-electron chi connectivity index (χ0n) is 20.5. The fraction of sp³-hybridized carbons (Fsp3) is 0.160. The van der Waals surface area contributed by atoms with Crippen molar-refractivity contribution < 1.29 is 36.6 Å². The van der Waals surface area contributed by atoms with Gasteiger partial charge in [-0.15, -0.1) is 0 Å². The van der Waals surface area contributed by atoms with Crippen LogP contribution in [0.5, 0.6) is 17.2 Å². The summed E-state index contributed by atoms with van der Waals surface area (Å²) in [7, 11) is -1.53. The van der Waals surface area contributed by atoms with Crippen LogP contribution in [0.4, 0.5) is 10.1 Å². The Labute approximate surface area is 218 Å². The number of primary amides is 1. The number of amides is 2. The lowest BCUT2D eigenvalue weighted by Crippen LogP contribution is -2.39. The van der Waals surface area contributed by atoms with Gasteiger partial charge in [0.1, 0.15) is 18.1 Å². The average molecular weight is 545 g/mol. The van der Waals surface area contributed by atoms with Gasteiger partial charge >= 0.3 is 0 Å². The normalized spacial score (nSPS) is 11.1. The van der Waals surface area contributed by atoms with Crippen LogP contribution < -0.4 is 29.7 Å². The number of rotatable bonds is 12. The molecule has 2 amide bonds. The van der Waals surface area contributed by atoms with E-state index < -0.39 is 34.2 Å². The van der Waals surface area contributed by atoms with Crippen LogP contribution in [0.25, 0.3) is 0 Å². The van der Waals surface area contributed by atoms with Crippen LogP contribution in [-0.4, -0.2) is 53.8 Å². The molecule has 0 unspecified atom stereocenters. The number of ether oxygens (including phenoxy) is 3. The molecule has 0 aliphatic rings. The molecule has 0 spiro atoms. The summed E-state index contributed by atoms with van der Waals surface area (Å²) >= 11 is 0. The van der Waals surface area contributed by atoms with E-state index in [0.717, 1.165) is 16.4 Å². The number of carbonyl (C=O) groups excluding carboxylic acids is 2. The van der Waals surface area contributed by atoms with Gasteiger partial charge in [-0.1, -0.05) is 0 Å². The molecule has 0 saturated heterocycles. The van der Waals surface area contributed by atoms with Crippen LogP contribution in [0, 0.1) is 5.82 Å². The summed E-state index contributed by atoms with van der Waals surface area (Å²) in [5, 5.41) is 3.85. The number of hydrogen-bond acceptors (Lipinski definition) is 8. The van der Waals surface area contributed by atoms with Gasteiger partial charge in [0.25, 0.3) is 21.8 Å². The molecule has 3 aromatic carbocycles. The van der Waals surface area contributed by atoms with Crippen LogP contribution in [0.15, 0.2) is 76.7 Å². The zero-order valence-corrected chi connectivity index (χ0v) is 21.3. The number of anilines is 1. The Morgan fingerprint density at radius 3 is 2.26 bits per heavy atom. The number of benzene rings is 3. The maximum atomic E-state index is 13.5.